The van der Waals surface area contributed by atoms with Crippen molar-refractivity contribution in [1.29, 1.82) is 0 Å². The van der Waals surface area contributed by atoms with Gasteiger partial charge in [0.1, 0.15) is 11.6 Å². The molecule has 1 saturated heterocycles. The topological polar surface area (TPSA) is 27.7 Å². The van der Waals surface area contributed by atoms with Gasteiger partial charge in [-0.1, -0.05) is 0 Å². The minimum absolute atomic E-state index is 0.301. The molecule has 1 aliphatic heterocycles. The maximum Gasteiger partial charge on any atom is 0.498 e. The molecule has 0 saturated carbocycles. The smallest absolute Gasteiger partial charge is 0.494 e. The largest absolute Gasteiger partial charge is 0.498 e. The molecule has 0 aromatic heterocycles. The van der Waals surface area contributed by atoms with Crippen LogP contribution in [0.4, 0.5) is 4.39 Å². The Morgan fingerprint density at radius 1 is 1.19 bits per heavy atom. The Labute approximate surface area is 130 Å². The van der Waals surface area contributed by atoms with Crippen LogP contribution in [-0.4, -0.2) is 31.2 Å². The van der Waals surface area contributed by atoms with Gasteiger partial charge in [-0.2, -0.15) is 0 Å². The fourth-order valence-electron chi connectivity index (χ4n) is 2.13. The molecular formula is C15H22BFO3S. The molecule has 0 spiro atoms. The number of hydrogen-bond acceptors (Lipinski definition) is 4. The monoisotopic (exact) mass is 312 g/mol. The SMILES string of the molecule is CCOc1cc(SC)c(F)c(B2OC(C)(C)C(C)(C)O2)c1. The lowest BCUT2D eigenvalue weighted by atomic mass is 9.78. The van der Waals surface area contributed by atoms with Gasteiger partial charge in [0.2, 0.25) is 0 Å². The fourth-order valence-corrected chi connectivity index (χ4v) is 2.66. The van der Waals surface area contributed by atoms with Crippen molar-refractivity contribution in [2.75, 3.05) is 12.9 Å². The van der Waals surface area contributed by atoms with E-state index in [0.29, 0.717) is 22.7 Å². The third-order valence-electron chi connectivity index (χ3n) is 4.08. The van der Waals surface area contributed by atoms with Crippen molar-refractivity contribution in [1.82, 2.24) is 0 Å². The van der Waals surface area contributed by atoms with Gasteiger partial charge in [0.25, 0.3) is 0 Å². The van der Waals surface area contributed by atoms with Crippen LogP contribution in [0.2, 0.25) is 0 Å². The molecule has 2 rings (SSSR count). The van der Waals surface area contributed by atoms with E-state index in [1.807, 2.05) is 40.9 Å². The molecule has 6 heteroatoms. The first-order chi connectivity index (χ1) is 9.71. The van der Waals surface area contributed by atoms with Gasteiger partial charge in [0.05, 0.1) is 17.8 Å². The number of ether oxygens (including phenoxy) is 1. The zero-order valence-corrected chi connectivity index (χ0v) is 14.3. The lowest BCUT2D eigenvalue weighted by Crippen LogP contribution is -2.41. The highest BCUT2D eigenvalue weighted by molar-refractivity contribution is 7.98. The Hall–Kier alpha value is -0.715. The van der Waals surface area contributed by atoms with Crippen LogP contribution >= 0.6 is 11.8 Å². The van der Waals surface area contributed by atoms with Gasteiger partial charge in [0, 0.05) is 10.4 Å². The minimum Gasteiger partial charge on any atom is -0.494 e. The first-order valence-electron chi connectivity index (χ1n) is 7.07. The molecule has 1 fully saturated rings. The third-order valence-corrected chi connectivity index (χ3v) is 4.82. The van der Waals surface area contributed by atoms with Crippen molar-refractivity contribution in [2.45, 2.75) is 50.7 Å². The molecule has 0 aliphatic carbocycles. The Morgan fingerprint density at radius 2 is 1.76 bits per heavy atom. The highest BCUT2D eigenvalue weighted by atomic mass is 32.2. The van der Waals surface area contributed by atoms with E-state index >= 15 is 0 Å². The summed E-state index contributed by atoms with van der Waals surface area (Å²) in [6, 6.07) is 3.37. The molecular weight excluding hydrogens is 290 g/mol. The van der Waals surface area contributed by atoms with Gasteiger partial charge in [-0.3, -0.25) is 0 Å². The van der Waals surface area contributed by atoms with Crippen LogP contribution in [0.25, 0.3) is 0 Å². The number of benzene rings is 1. The predicted molar refractivity (Wildman–Crippen MR) is 85.1 cm³/mol. The van der Waals surface area contributed by atoms with Gasteiger partial charge >= 0.3 is 7.12 Å². The van der Waals surface area contributed by atoms with Crippen LogP contribution in [0, 0.1) is 5.82 Å². The van der Waals surface area contributed by atoms with Crippen molar-refractivity contribution in [3.63, 3.8) is 0 Å². The minimum atomic E-state index is -0.721. The maximum absolute atomic E-state index is 14.6. The Balaban J connectivity index is 2.42. The average molecular weight is 312 g/mol. The molecule has 0 unspecified atom stereocenters. The summed E-state index contributed by atoms with van der Waals surface area (Å²) >= 11 is 1.34. The first kappa shape index (κ1) is 16.7. The maximum atomic E-state index is 14.6. The number of rotatable bonds is 4. The lowest BCUT2D eigenvalue weighted by molar-refractivity contribution is 0.00578. The number of halogens is 1. The fraction of sp³-hybridized carbons (Fsp3) is 0.600. The second-order valence-corrected chi connectivity index (χ2v) is 6.90. The van der Waals surface area contributed by atoms with Crippen LogP contribution in [0.1, 0.15) is 34.6 Å². The van der Waals surface area contributed by atoms with Gasteiger partial charge < -0.3 is 14.0 Å². The van der Waals surface area contributed by atoms with Crippen molar-refractivity contribution in [3.8, 4) is 5.75 Å². The molecule has 0 atom stereocenters. The van der Waals surface area contributed by atoms with Crippen LogP contribution in [0.15, 0.2) is 17.0 Å². The van der Waals surface area contributed by atoms with E-state index in [1.54, 1.807) is 12.1 Å². The summed E-state index contributed by atoms with van der Waals surface area (Å²) in [5.74, 6) is 0.331. The van der Waals surface area contributed by atoms with Crippen LogP contribution in [-0.2, 0) is 9.31 Å². The third kappa shape index (κ3) is 3.08. The second kappa shape index (κ2) is 5.82. The summed E-state index contributed by atoms with van der Waals surface area (Å²) in [7, 11) is -0.721. The van der Waals surface area contributed by atoms with E-state index in [-0.39, 0.29) is 5.82 Å². The summed E-state index contributed by atoms with van der Waals surface area (Å²) in [6.45, 7) is 10.2. The molecule has 3 nitrogen and oxygen atoms in total. The number of hydrogen-bond donors (Lipinski definition) is 0. The summed E-state index contributed by atoms with van der Waals surface area (Å²) in [4.78, 5) is 0.533. The van der Waals surface area contributed by atoms with E-state index in [1.165, 1.54) is 11.8 Å². The van der Waals surface area contributed by atoms with Gasteiger partial charge in [-0.15, -0.1) is 11.8 Å². The van der Waals surface area contributed by atoms with Gasteiger partial charge in [-0.05, 0) is 53.0 Å². The second-order valence-electron chi connectivity index (χ2n) is 6.05. The highest BCUT2D eigenvalue weighted by Crippen LogP contribution is 2.37. The van der Waals surface area contributed by atoms with E-state index < -0.39 is 18.3 Å². The van der Waals surface area contributed by atoms with Crippen molar-refractivity contribution >= 4 is 24.3 Å². The summed E-state index contributed by atoms with van der Waals surface area (Å²) in [5, 5.41) is 0. The predicted octanol–water partition coefficient (Wildman–Crippen LogP) is 3.25. The lowest BCUT2D eigenvalue weighted by Gasteiger charge is -2.32. The normalized spacial score (nSPS) is 19.9. The van der Waals surface area contributed by atoms with Crippen molar-refractivity contribution < 1.29 is 18.4 Å². The molecule has 1 heterocycles. The zero-order valence-electron chi connectivity index (χ0n) is 13.5. The van der Waals surface area contributed by atoms with Crippen molar-refractivity contribution in [2.24, 2.45) is 0 Å². The van der Waals surface area contributed by atoms with E-state index in [9.17, 15) is 4.39 Å². The summed E-state index contributed by atoms with van der Waals surface area (Å²) in [6.07, 6.45) is 1.84. The highest BCUT2D eigenvalue weighted by Gasteiger charge is 2.52. The quantitative estimate of drug-likeness (QED) is 0.630. The standard InChI is InChI=1S/C15H22BFO3S/c1-7-18-10-8-11(13(17)12(9-10)21-6)16-19-14(2,3)15(4,5)20-16/h8-9H,7H2,1-6H3. The molecule has 116 valence electrons. The molecule has 21 heavy (non-hydrogen) atoms. The molecule has 1 aromatic rings. The molecule has 0 N–H and O–H groups in total. The van der Waals surface area contributed by atoms with Crippen LogP contribution < -0.4 is 10.2 Å². The first-order valence-corrected chi connectivity index (χ1v) is 8.30. The zero-order chi connectivity index (χ0) is 15.8. The Kier molecular flexibility index (Phi) is 4.61. The van der Waals surface area contributed by atoms with E-state index in [2.05, 4.69) is 0 Å². The molecule has 1 aliphatic rings. The Bertz CT molecular complexity index is 518. The van der Waals surface area contributed by atoms with E-state index in [4.69, 9.17) is 14.0 Å². The Morgan fingerprint density at radius 3 is 2.24 bits per heavy atom. The van der Waals surface area contributed by atoms with E-state index in [0.717, 1.165) is 0 Å². The molecule has 0 radical (unpaired) electrons. The van der Waals surface area contributed by atoms with Gasteiger partial charge in [-0.25, -0.2) is 4.39 Å². The molecule has 0 amide bonds. The van der Waals surface area contributed by atoms with Crippen molar-refractivity contribution in [3.05, 3.63) is 17.9 Å². The summed E-state index contributed by atoms with van der Waals surface area (Å²) in [5.41, 5.74) is -0.597. The van der Waals surface area contributed by atoms with Crippen LogP contribution in [0.5, 0.6) is 5.75 Å². The summed E-state index contributed by atoms with van der Waals surface area (Å²) < 4.78 is 32.0. The molecule has 0 bridgehead atoms. The average Bonchev–Trinajstić information content (AvgIpc) is 2.60. The van der Waals surface area contributed by atoms with Crippen LogP contribution in [0.3, 0.4) is 0 Å². The number of thioether (sulfide) groups is 1. The molecule has 1 aromatic carbocycles. The van der Waals surface area contributed by atoms with Gasteiger partial charge in [0.15, 0.2) is 0 Å².